The zero-order chi connectivity index (χ0) is 33.2. The highest BCUT2D eigenvalue weighted by Crippen LogP contribution is 2.39. The van der Waals surface area contributed by atoms with Crippen LogP contribution < -0.4 is 9.46 Å². The van der Waals surface area contributed by atoms with Crippen LogP contribution in [0.5, 0.6) is 5.75 Å². The van der Waals surface area contributed by atoms with Gasteiger partial charge in [-0.3, -0.25) is 0 Å². The number of aromatic nitrogens is 4. The number of fused-ring (bicyclic) bond motifs is 1. The number of halogens is 1. The van der Waals surface area contributed by atoms with E-state index in [0.29, 0.717) is 19.0 Å². The molecule has 1 aromatic carbocycles. The molecule has 0 aliphatic carbocycles. The highest BCUT2D eigenvalue weighted by molar-refractivity contribution is 14.1. The van der Waals surface area contributed by atoms with E-state index in [9.17, 15) is 4.55 Å². The Balaban J connectivity index is 1.76. The Kier molecular flexibility index (Phi) is 11.1. The Hall–Kier alpha value is -2.03. The Morgan fingerprint density at radius 2 is 1.71 bits per heavy atom. The smallest absolute Gasteiger partial charge is 0.192 e. The number of hydrogen-bond donors (Lipinski definition) is 1. The van der Waals surface area contributed by atoms with Gasteiger partial charge in [-0.25, -0.2) is 14.6 Å². The lowest BCUT2D eigenvalue weighted by Gasteiger charge is -2.36. The molecule has 1 N–H and O–H groups in total. The van der Waals surface area contributed by atoms with Crippen LogP contribution in [-0.4, -0.2) is 44.0 Å². The third-order valence-electron chi connectivity index (χ3n) is 8.20. The first kappa shape index (κ1) is 35.8. The molecular weight excluding hydrogens is 713 g/mol. The van der Waals surface area contributed by atoms with Gasteiger partial charge in [0, 0.05) is 16.9 Å². The van der Waals surface area contributed by atoms with Crippen molar-refractivity contribution in [3.8, 4) is 22.8 Å². The van der Waals surface area contributed by atoms with Crippen LogP contribution in [0.4, 0.5) is 0 Å². The van der Waals surface area contributed by atoms with Gasteiger partial charge >= 0.3 is 0 Å². The van der Waals surface area contributed by atoms with Crippen LogP contribution in [0.15, 0.2) is 54.7 Å². The van der Waals surface area contributed by atoms with E-state index in [1.165, 1.54) is 0 Å². The summed E-state index contributed by atoms with van der Waals surface area (Å²) < 4.78 is 30.0. The average molecular weight is 762 g/mol. The summed E-state index contributed by atoms with van der Waals surface area (Å²) >= 11 is 1.12. The third-order valence-corrected chi connectivity index (χ3v) is 16.1. The molecule has 0 radical (unpaired) electrons. The first-order valence-electron chi connectivity index (χ1n) is 15.6. The zero-order valence-corrected chi connectivity index (χ0v) is 32.3. The van der Waals surface area contributed by atoms with E-state index in [1.54, 1.807) is 0 Å². The first-order chi connectivity index (χ1) is 21.0. The molecule has 4 rings (SSSR count). The van der Waals surface area contributed by atoms with Crippen LogP contribution in [0, 0.1) is 0 Å². The largest absolute Gasteiger partial charge is 0.598 e. The molecule has 0 saturated carbocycles. The minimum atomic E-state index is -1.93. The highest BCUT2D eigenvalue weighted by atomic mass is 127. The molecule has 244 valence electrons. The summed E-state index contributed by atoms with van der Waals surface area (Å²) in [5.74, 6) is 1.45. The number of alkyl halides is 1. The average Bonchev–Trinajstić information content (AvgIpc) is 3.40. The van der Waals surface area contributed by atoms with Crippen molar-refractivity contribution in [2.24, 2.45) is 0 Å². The molecule has 2 atom stereocenters. The van der Waals surface area contributed by atoms with Crippen LogP contribution in [-0.2, 0) is 25.9 Å². The maximum Gasteiger partial charge on any atom is 0.192 e. The van der Waals surface area contributed by atoms with Crippen molar-refractivity contribution < 1.29 is 13.7 Å². The second kappa shape index (κ2) is 14.0. The van der Waals surface area contributed by atoms with Crippen molar-refractivity contribution in [2.75, 3.05) is 6.61 Å². The van der Waals surface area contributed by atoms with Crippen LogP contribution >= 0.6 is 22.6 Å². The Bertz CT molecular complexity index is 1620. The van der Waals surface area contributed by atoms with Gasteiger partial charge in [-0.15, -0.1) is 4.72 Å². The fourth-order valence-corrected chi connectivity index (χ4v) is 7.72. The topological polar surface area (TPSA) is 97.1 Å². The molecule has 0 bridgehead atoms. The van der Waals surface area contributed by atoms with Gasteiger partial charge in [-0.05, 0) is 111 Å². The molecule has 3 aromatic heterocycles. The lowest BCUT2D eigenvalue weighted by Crippen LogP contribution is -2.48. The summed E-state index contributed by atoms with van der Waals surface area (Å²) in [4.78, 5) is 10.1. The molecule has 0 amide bonds. The Morgan fingerprint density at radius 1 is 1.00 bits per heavy atom. The minimum absolute atomic E-state index is 0.119. The number of nitrogens with one attached hydrogen (secondary N) is 1. The van der Waals surface area contributed by atoms with Gasteiger partial charge in [0.25, 0.3) is 0 Å². The standard InChI is InChI=1S/C34H48IN5O3SSi/c1-11-19-34(35,39-44(41)32(3,4)5)30-17-14-16-27(38-30)24-20-28-26(29(21-24)42-12-2)22-36-40(28)31-18-13-15-25(37-31)23-43-45(9,10)33(6,7)8/h13-18,20-22,39H,11-12,19,23H2,1-10H3/t34-,44?/m1/s1. The Morgan fingerprint density at radius 3 is 2.36 bits per heavy atom. The van der Waals surface area contributed by atoms with Crippen molar-refractivity contribution in [1.29, 1.82) is 0 Å². The van der Waals surface area contributed by atoms with E-state index < -0.39 is 28.0 Å². The van der Waals surface area contributed by atoms with Crippen molar-refractivity contribution in [3.05, 3.63) is 66.1 Å². The number of ether oxygens (including phenoxy) is 1. The summed E-state index contributed by atoms with van der Waals surface area (Å²) in [6.07, 6.45) is 3.52. The minimum Gasteiger partial charge on any atom is -0.598 e. The van der Waals surface area contributed by atoms with Gasteiger partial charge in [-0.2, -0.15) is 5.10 Å². The first-order valence-corrected chi connectivity index (χ1v) is 20.7. The van der Waals surface area contributed by atoms with Gasteiger partial charge < -0.3 is 13.7 Å². The second-order valence-corrected chi connectivity index (χ2v) is 22.5. The summed E-state index contributed by atoms with van der Waals surface area (Å²) in [6.45, 7) is 22.2. The van der Waals surface area contributed by atoms with Crippen molar-refractivity contribution in [2.45, 2.75) is 101 Å². The summed E-state index contributed by atoms with van der Waals surface area (Å²) in [5, 5.41) is 5.77. The van der Waals surface area contributed by atoms with E-state index >= 15 is 0 Å². The van der Waals surface area contributed by atoms with Crippen molar-refractivity contribution >= 4 is 53.2 Å². The quantitative estimate of drug-likeness (QED) is 0.0507. The number of hydrogen-bond acceptors (Lipinski definition) is 7. The van der Waals surface area contributed by atoms with E-state index in [-0.39, 0.29) is 5.04 Å². The SMILES string of the molecule is CCC[C@@](I)(N[S+]([O-])C(C)(C)C)c1cccc(-c2cc(OCC)c3cnn(-c4cccc(CO[Si](C)(C)C(C)(C)C)n4)c3c2)n1. The lowest BCUT2D eigenvalue weighted by atomic mass is 10.1. The monoisotopic (exact) mass is 761 g/mol. The predicted molar refractivity (Wildman–Crippen MR) is 197 cm³/mol. The van der Waals surface area contributed by atoms with Crippen molar-refractivity contribution in [1.82, 2.24) is 24.5 Å². The van der Waals surface area contributed by atoms with Crippen molar-refractivity contribution in [3.63, 3.8) is 0 Å². The third kappa shape index (κ3) is 8.28. The van der Waals surface area contributed by atoms with Gasteiger partial charge in [0.15, 0.2) is 17.7 Å². The molecule has 45 heavy (non-hydrogen) atoms. The maximum atomic E-state index is 13.2. The van der Waals surface area contributed by atoms with Crippen LogP contribution in [0.3, 0.4) is 0 Å². The lowest BCUT2D eigenvalue weighted by molar-refractivity contribution is 0.272. The number of rotatable bonds is 12. The molecule has 1 unspecified atom stereocenters. The van der Waals surface area contributed by atoms with E-state index in [0.717, 1.165) is 52.1 Å². The number of pyridine rings is 2. The summed E-state index contributed by atoms with van der Waals surface area (Å²) in [7, 11) is -1.93. The highest BCUT2D eigenvalue weighted by Gasteiger charge is 2.39. The van der Waals surface area contributed by atoms with Crippen LogP contribution in [0.1, 0.15) is 79.6 Å². The summed E-state index contributed by atoms with van der Waals surface area (Å²) in [6, 6.07) is 16.1. The van der Waals surface area contributed by atoms with Gasteiger partial charge in [-0.1, -0.05) is 46.2 Å². The molecular formula is C34H48IN5O3SSi. The van der Waals surface area contributed by atoms with Gasteiger partial charge in [0.1, 0.15) is 10.5 Å². The van der Waals surface area contributed by atoms with E-state index in [4.69, 9.17) is 24.2 Å². The molecule has 4 aromatic rings. The molecule has 0 spiro atoms. The van der Waals surface area contributed by atoms with E-state index in [2.05, 4.69) is 74.2 Å². The van der Waals surface area contributed by atoms with Crippen LogP contribution in [0.25, 0.3) is 28.0 Å². The Labute approximate surface area is 286 Å². The van der Waals surface area contributed by atoms with Crippen LogP contribution in [0.2, 0.25) is 18.1 Å². The molecule has 11 heteroatoms. The van der Waals surface area contributed by atoms with Gasteiger partial charge in [0.05, 0.1) is 47.4 Å². The van der Waals surface area contributed by atoms with Gasteiger partial charge in [0.2, 0.25) is 0 Å². The molecule has 3 heterocycles. The zero-order valence-electron chi connectivity index (χ0n) is 28.3. The number of benzene rings is 1. The normalized spacial score (nSPS) is 14.8. The fourth-order valence-electron chi connectivity index (χ4n) is 4.53. The molecule has 0 fully saturated rings. The molecule has 8 nitrogen and oxygen atoms in total. The predicted octanol–water partition coefficient (Wildman–Crippen LogP) is 8.84. The van der Waals surface area contributed by atoms with E-state index in [1.807, 2.05) is 81.0 Å². The molecule has 0 saturated heterocycles. The molecule has 0 aliphatic heterocycles. The number of nitrogens with zero attached hydrogens (tertiary/aromatic N) is 4. The fraction of sp³-hybridized carbons (Fsp3) is 0.500. The summed E-state index contributed by atoms with van der Waals surface area (Å²) in [5.41, 5.74) is 4.28. The maximum absolute atomic E-state index is 13.2. The molecule has 0 aliphatic rings. The second-order valence-electron chi connectivity index (χ2n) is 13.9.